The van der Waals surface area contributed by atoms with Gasteiger partial charge in [-0.25, -0.2) is 0 Å². The van der Waals surface area contributed by atoms with Gasteiger partial charge in [-0.3, -0.25) is 0 Å². The minimum Gasteiger partial charge on any atom is -0.453 e. The van der Waals surface area contributed by atoms with Crippen LogP contribution in [0.15, 0.2) is 199 Å². The van der Waals surface area contributed by atoms with Crippen LogP contribution in [-0.4, -0.2) is 6.71 Å². The third-order valence-corrected chi connectivity index (χ3v) is 17.6. The lowest BCUT2D eigenvalue weighted by molar-refractivity contribution is 0.554. The van der Waals surface area contributed by atoms with Crippen molar-refractivity contribution in [3.63, 3.8) is 0 Å². The number of fused-ring (bicyclic) bond motifs is 7. The molecule has 0 fully saturated rings. The van der Waals surface area contributed by atoms with Gasteiger partial charge in [-0.2, -0.15) is 0 Å². The Kier molecular flexibility index (Phi) is 13.1. The van der Waals surface area contributed by atoms with Crippen molar-refractivity contribution in [3.8, 4) is 11.1 Å². The molecule has 79 heavy (non-hydrogen) atoms. The van der Waals surface area contributed by atoms with Crippen LogP contribution in [0.2, 0.25) is 0 Å². The second-order valence-corrected chi connectivity index (χ2v) is 27.2. The molecule has 2 nitrogen and oxygen atoms in total. The van der Waals surface area contributed by atoms with Crippen LogP contribution in [0.1, 0.15) is 151 Å². The smallest absolute Gasteiger partial charge is 0.242 e. The molecule has 1 aromatic heterocycles. The van der Waals surface area contributed by atoms with Gasteiger partial charge in [0.25, 0.3) is 0 Å². The summed E-state index contributed by atoms with van der Waals surface area (Å²) in [5.41, 5.74) is 26.2. The first kappa shape index (κ1) is 52.3. The quantitative estimate of drug-likeness (QED) is 0.148. The van der Waals surface area contributed by atoms with E-state index in [9.17, 15) is 0 Å². The number of rotatable bonds is 7. The first-order chi connectivity index (χ1) is 37.7. The molecule has 3 heterocycles. The maximum absolute atomic E-state index is 7.34. The van der Waals surface area contributed by atoms with Crippen LogP contribution in [-0.2, 0) is 47.3 Å². The third kappa shape index (κ3) is 9.56. The summed E-state index contributed by atoms with van der Waals surface area (Å²) < 4.78 is 7.34. The van der Waals surface area contributed by atoms with E-state index in [1.807, 2.05) is 0 Å². The number of furan rings is 1. The number of hydrogen-bond donors (Lipinski definition) is 0. The Bertz CT molecular complexity index is 3910. The number of nitrogens with zero attached hydrogens (tertiary/aromatic N) is 1. The molecular weight excluding hydrogens is 954 g/mol. The van der Waals surface area contributed by atoms with Gasteiger partial charge in [0.2, 0.25) is 6.71 Å². The first-order valence-corrected chi connectivity index (χ1v) is 29.2. The summed E-state index contributed by atoms with van der Waals surface area (Å²) in [7, 11) is 0. The van der Waals surface area contributed by atoms with Crippen molar-refractivity contribution < 1.29 is 4.42 Å². The van der Waals surface area contributed by atoms with E-state index < -0.39 is 0 Å². The van der Waals surface area contributed by atoms with E-state index in [2.05, 4.69) is 282 Å². The lowest BCUT2D eigenvalue weighted by atomic mass is 9.33. The lowest BCUT2D eigenvalue weighted by Crippen LogP contribution is -2.57. The van der Waals surface area contributed by atoms with Crippen molar-refractivity contribution in [2.75, 3.05) is 4.90 Å². The third-order valence-electron chi connectivity index (χ3n) is 17.6. The fourth-order valence-corrected chi connectivity index (χ4v) is 14.2. The van der Waals surface area contributed by atoms with Gasteiger partial charge in [0.15, 0.2) is 5.58 Å². The summed E-state index contributed by atoms with van der Waals surface area (Å²) in [4.78, 5) is 2.53. The van der Waals surface area contributed by atoms with E-state index in [-0.39, 0.29) is 40.2 Å². The van der Waals surface area contributed by atoms with E-state index in [0.717, 1.165) is 75.8 Å². The van der Waals surface area contributed by atoms with Gasteiger partial charge < -0.3 is 9.32 Å². The molecule has 396 valence electrons. The summed E-state index contributed by atoms with van der Waals surface area (Å²) in [6.45, 7) is 28.9. The molecule has 0 N–H and O–H groups in total. The highest BCUT2D eigenvalue weighted by Gasteiger charge is 2.42. The maximum Gasteiger partial charge on any atom is 0.242 e. The summed E-state index contributed by atoms with van der Waals surface area (Å²) in [6, 6.07) is 73.9. The van der Waals surface area contributed by atoms with Crippen LogP contribution < -0.4 is 21.3 Å². The Hall–Kier alpha value is -7.36. The standard InChI is InChI=1S/C76H78BNO/c1-73(2,3)63-36-21-19-29-50(63)43-52-47-62-66(76(10,11)12)39-26-41-68(62)77-67-40-25-38-65(75(7,8)9)61(67)46-51(56-32-20-22-37-64(56)74(4,5)6)44-53-45-55(48-60(52)70(53)77)78(54-30-17-14-18-31-54)69-42-24-35-59-58-34-23-33-57(71(58)79-72(59)69)49-27-15-13-16-28-49/h13-42,45,48,51-52H,43-44,46-47H2,1-12H3. The molecule has 0 spiro atoms. The van der Waals surface area contributed by atoms with Gasteiger partial charge in [0.1, 0.15) is 5.58 Å². The molecule has 10 aromatic rings. The van der Waals surface area contributed by atoms with Crippen LogP contribution in [0.3, 0.4) is 0 Å². The highest BCUT2D eigenvalue weighted by atomic mass is 16.3. The second-order valence-electron chi connectivity index (χ2n) is 27.2. The monoisotopic (exact) mass is 1030 g/mol. The summed E-state index contributed by atoms with van der Waals surface area (Å²) in [5, 5.41) is 2.24. The zero-order chi connectivity index (χ0) is 55.2. The Morgan fingerprint density at radius 2 is 0.975 bits per heavy atom. The maximum atomic E-state index is 7.34. The molecule has 9 aromatic carbocycles. The second kappa shape index (κ2) is 19.8. The van der Waals surface area contributed by atoms with Crippen molar-refractivity contribution in [2.24, 2.45) is 0 Å². The molecule has 0 saturated carbocycles. The molecule has 2 unspecified atom stereocenters. The van der Waals surface area contributed by atoms with E-state index in [4.69, 9.17) is 4.42 Å². The van der Waals surface area contributed by atoms with Crippen LogP contribution in [0.4, 0.5) is 17.1 Å². The van der Waals surface area contributed by atoms with Crippen molar-refractivity contribution in [2.45, 2.75) is 142 Å². The van der Waals surface area contributed by atoms with Crippen molar-refractivity contribution in [1.82, 2.24) is 0 Å². The molecule has 0 aliphatic carbocycles. The van der Waals surface area contributed by atoms with Gasteiger partial charge in [-0.15, -0.1) is 0 Å². The van der Waals surface area contributed by atoms with E-state index in [1.54, 1.807) is 0 Å². The first-order valence-electron chi connectivity index (χ1n) is 29.2. The molecular formula is C76H78BNO. The minimum absolute atomic E-state index is 0.0238. The average molecular weight is 1030 g/mol. The molecule has 0 radical (unpaired) electrons. The Balaban J connectivity index is 1.22. The number of hydrogen-bond acceptors (Lipinski definition) is 2. The van der Waals surface area contributed by atoms with Crippen LogP contribution in [0.5, 0.6) is 0 Å². The van der Waals surface area contributed by atoms with Gasteiger partial charge in [0, 0.05) is 27.7 Å². The number of benzene rings is 9. The average Bonchev–Trinajstić information content (AvgIpc) is 4.06. The predicted octanol–water partition coefficient (Wildman–Crippen LogP) is 18.2. The van der Waals surface area contributed by atoms with E-state index in [0.29, 0.717) is 0 Å². The molecule has 0 saturated heterocycles. The topological polar surface area (TPSA) is 16.4 Å². The van der Waals surface area contributed by atoms with Crippen molar-refractivity contribution in [1.29, 1.82) is 0 Å². The number of anilines is 3. The summed E-state index contributed by atoms with van der Waals surface area (Å²) in [5.74, 6) is 0.369. The van der Waals surface area contributed by atoms with Gasteiger partial charge >= 0.3 is 0 Å². The Morgan fingerprint density at radius 1 is 0.443 bits per heavy atom. The zero-order valence-electron chi connectivity index (χ0n) is 48.9. The SMILES string of the molecule is CC(C)(C)c1ccccc1CC1Cc2c(cccc2C(C)(C)C)B2c3cccc(C(C)(C)C)c3CC(c3ccccc3C(C)(C)C)Cc3cc(N(c4ccccc4)c4cccc5c4oc4c(-c6ccccc6)cccc45)cc1c32. The fourth-order valence-electron chi connectivity index (χ4n) is 14.2. The molecule has 2 aliphatic heterocycles. The number of para-hydroxylation sites is 3. The predicted molar refractivity (Wildman–Crippen MR) is 339 cm³/mol. The normalized spacial score (nSPS) is 15.7. The molecule has 2 atom stereocenters. The highest BCUT2D eigenvalue weighted by molar-refractivity contribution is 6.96. The highest BCUT2D eigenvalue weighted by Crippen LogP contribution is 2.47. The summed E-state index contributed by atoms with van der Waals surface area (Å²) in [6.07, 6.45) is 3.71. The minimum atomic E-state index is -0.0705. The van der Waals surface area contributed by atoms with E-state index in [1.165, 1.54) is 72.0 Å². The van der Waals surface area contributed by atoms with Gasteiger partial charge in [-0.1, -0.05) is 263 Å². The van der Waals surface area contributed by atoms with Crippen LogP contribution in [0, 0.1) is 0 Å². The largest absolute Gasteiger partial charge is 0.453 e. The molecule has 2 aliphatic rings. The molecule has 3 heteroatoms. The summed E-state index contributed by atoms with van der Waals surface area (Å²) >= 11 is 0. The zero-order valence-corrected chi connectivity index (χ0v) is 48.9. The fraction of sp³-hybridized carbons (Fsp3) is 0.289. The molecule has 0 bridgehead atoms. The van der Waals surface area contributed by atoms with Gasteiger partial charge in [0.05, 0.1) is 5.69 Å². The Labute approximate surface area is 472 Å². The Morgan fingerprint density at radius 3 is 1.62 bits per heavy atom. The van der Waals surface area contributed by atoms with Gasteiger partial charge in [-0.05, 0) is 151 Å². The van der Waals surface area contributed by atoms with Crippen LogP contribution in [0.25, 0.3) is 33.1 Å². The molecule has 0 amide bonds. The van der Waals surface area contributed by atoms with E-state index >= 15 is 0 Å². The lowest BCUT2D eigenvalue weighted by Gasteiger charge is -2.37. The van der Waals surface area contributed by atoms with Crippen molar-refractivity contribution >= 4 is 62.1 Å². The molecule has 12 rings (SSSR count). The van der Waals surface area contributed by atoms with Crippen molar-refractivity contribution in [3.05, 3.63) is 250 Å². The van der Waals surface area contributed by atoms with Crippen LogP contribution >= 0.6 is 0 Å².